The third-order valence-electron chi connectivity index (χ3n) is 3.42. The molecule has 0 aliphatic carbocycles. The van der Waals surface area contributed by atoms with Gasteiger partial charge in [0.25, 0.3) is 0 Å². The molecule has 64 valence electrons. The van der Waals surface area contributed by atoms with Crippen molar-refractivity contribution in [2.45, 2.75) is 39.2 Å². The number of fused-ring (bicyclic) bond motifs is 1. The number of hydrogen-bond donors (Lipinski definition) is 0. The van der Waals surface area contributed by atoms with Gasteiger partial charge < -0.3 is 0 Å². The fraction of sp³-hybridized carbons (Fsp3) is 1.00. The average molecular weight is 153 g/mol. The fourth-order valence-electron chi connectivity index (χ4n) is 2.83. The van der Waals surface area contributed by atoms with Crippen molar-refractivity contribution in [3.05, 3.63) is 0 Å². The Hall–Kier alpha value is -0.0400. The monoisotopic (exact) mass is 153 g/mol. The Morgan fingerprint density at radius 3 is 2.82 bits per heavy atom. The first-order valence-corrected chi connectivity index (χ1v) is 5.01. The van der Waals surface area contributed by atoms with Crippen LogP contribution in [-0.4, -0.2) is 24.0 Å². The number of hydrogen-bond acceptors (Lipinski definition) is 1. The SMILES string of the molecule is C[C@@H]1C[C@H]2[C@@H](C)CCCN2C1. The molecular weight excluding hydrogens is 134 g/mol. The predicted octanol–water partition coefficient (Wildman–Crippen LogP) is 2.13. The molecule has 0 amide bonds. The van der Waals surface area contributed by atoms with E-state index >= 15 is 0 Å². The van der Waals surface area contributed by atoms with E-state index in [2.05, 4.69) is 18.7 Å². The number of nitrogens with zero attached hydrogens (tertiary/aromatic N) is 1. The lowest BCUT2D eigenvalue weighted by molar-refractivity contribution is 0.144. The molecule has 2 rings (SSSR count). The van der Waals surface area contributed by atoms with Crippen LogP contribution in [0.2, 0.25) is 0 Å². The molecule has 0 aromatic heterocycles. The Balaban J connectivity index is 2.03. The Morgan fingerprint density at radius 1 is 1.27 bits per heavy atom. The minimum absolute atomic E-state index is 0.943. The maximum Gasteiger partial charge on any atom is 0.0124 e. The van der Waals surface area contributed by atoms with Crippen molar-refractivity contribution in [2.75, 3.05) is 13.1 Å². The van der Waals surface area contributed by atoms with Crippen LogP contribution < -0.4 is 0 Å². The molecule has 0 aromatic rings. The maximum absolute atomic E-state index is 2.71. The lowest BCUT2D eigenvalue weighted by Crippen LogP contribution is -2.39. The van der Waals surface area contributed by atoms with Crippen molar-refractivity contribution in [3.8, 4) is 0 Å². The van der Waals surface area contributed by atoms with Crippen LogP contribution in [0, 0.1) is 11.8 Å². The summed E-state index contributed by atoms with van der Waals surface area (Å²) in [4.78, 5) is 2.71. The van der Waals surface area contributed by atoms with E-state index < -0.39 is 0 Å². The Bertz CT molecular complexity index is 144. The predicted molar refractivity (Wildman–Crippen MR) is 47.5 cm³/mol. The average Bonchev–Trinajstić information content (AvgIpc) is 2.31. The molecule has 0 bridgehead atoms. The summed E-state index contributed by atoms with van der Waals surface area (Å²) >= 11 is 0. The zero-order valence-electron chi connectivity index (χ0n) is 7.71. The molecule has 0 unspecified atom stereocenters. The molecular formula is C10H19N. The molecule has 0 saturated carbocycles. The second-order valence-electron chi connectivity index (χ2n) is 4.52. The van der Waals surface area contributed by atoms with Gasteiger partial charge in [-0.1, -0.05) is 13.8 Å². The molecule has 2 aliphatic rings. The summed E-state index contributed by atoms with van der Waals surface area (Å²) < 4.78 is 0. The summed E-state index contributed by atoms with van der Waals surface area (Å²) in [6.07, 6.45) is 4.36. The highest BCUT2D eigenvalue weighted by Crippen LogP contribution is 2.33. The largest absolute Gasteiger partial charge is 0.300 e. The van der Waals surface area contributed by atoms with E-state index in [-0.39, 0.29) is 0 Å². The Labute approximate surface area is 69.8 Å². The van der Waals surface area contributed by atoms with E-state index in [1.165, 1.54) is 32.4 Å². The third-order valence-corrected chi connectivity index (χ3v) is 3.42. The summed E-state index contributed by atoms with van der Waals surface area (Å²) in [5, 5.41) is 0. The molecule has 11 heavy (non-hydrogen) atoms. The van der Waals surface area contributed by atoms with E-state index in [0.717, 1.165) is 17.9 Å². The van der Waals surface area contributed by atoms with Crippen molar-refractivity contribution >= 4 is 0 Å². The second-order valence-corrected chi connectivity index (χ2v) is 4.52. The molecule has 1 heteroatoms. The van der Waals surface area contributed by atoms with Crippen molar-refractivity contribution in [1.29, 1.82) is 0 Å². The van der Waals surface area contributed by atoms with Crippen LogP contribution in [0.15, 0.2) is 0 Å². The lowest BCUT2D eigenvalue weighted by Gasteiger charge is -2.34. The van der Waals surface area contributed by atoms with Gasteiger partial charge in [0.1, 0.15) is 0 Å². The van der Waals surface area contributed by atoms with Crippen LogP contribution in [0.5, 0.6) is 0 Å². The molecule has 1 nitrogen and oxygen atoms in total. The van der Waals surface area contributed by atoms with Crippen molar-refractivity contribution in [1.82, 2.24) is 4.90 Å². The fourth-order valence-corrected chi connectivity index (χ4v) is 2.83. The maximum atomic E-state index is 2.71. The van der Waals surface area contributed by atoms with Crippen LogP contribution in [-0.2, 0) is 0 Å². The molecule has 2 aliphatic heterocycles. The summed E-state index contributed by atoms with van der Waals surface area (Å²) in [6.45, 7) is 7.56. The van der Waals surface area contributed by atoms with Crippen molar-refractivity contribution in [3.63, 3.8) is 0 Å². The van der Waals surface area contributed by atoms with Crippen LogP contribution in [0.1, 0.15) is 33.1 Å². The van der Waals surface area contributed by atoms with Gasteiger partial charge in [-0.3, -0.25) is 4.90 Å². The van der Waals surface area contributed by atoms with Gasteiger partial charge in [-0.2, -0.15) is 0 Å². The van der Waals surface area contributed by atoms with Crippen molar-refractivity contribution in [2.24, 2.45) is 11.8 Å². The van der Waals surface area contributed by atoms with Crippen LogP contribution >= 0.6 is 0 Å². The van der Waals surface area contributed by atoms with E-state index in [1.54, 1.807) is 0 Å². The molecule has 0 N–H and O–H groups in total. The quantitative estimate of drug-likeness (QED) is 0.515. The molecule has 0 spiro atoms. The Kier molecular flexibility index (Phi) is 1.92. The van der Waals surface area contributed by atoms with Crippen LogP contribution in [0.4, 0.5) is 0 Å². The van der Waals surface area contributed by atoms with Crippen LogP contribution in [0.25, 0.3) is 0 Å². The van der Waals surface area contributed by atoms with Gasteiger partial charge in [-0.05, 0) is 37.6 Å². The topological polar surface area (TPSA) is 3.24 Å². The first-order valence-electron chi connectivity index (χ1n) is 5.01. The normalized spacial score (nSPS) is 45.8. The van der Waals surface area contributed by atoms with Gasteiger partial charge in [0.2, 0.25) is 0 Å². The molecule has 2 heterocycles. The first-order chi connectivity index (χ1) is 5.27. The molecule has 0 aromatic carbocycles. The Morgan fingerprint density at radius 2 is 2.09 bits per heavy atom. The zero-order chi connectivity index (χ0) is 7.84. The van der Waals surface area contributed by atoms with Gasteiger partial charge >= 0.3 is 0 Å². The van der Waals surface area contributed by atoms with E-state index in [0.29, 0.717) is 0 Å². The zero-order valence-corrected chi connectivity index (χ0v) is 7.71. The highest BCUT2D eigenvalue weighted by atomic mass is 15.2. The number of rotatable bonds is 0. The summed E-state index contributed by atoms with van der Waals surface area (Å²) in [7, 11) is 0. The number of piperidine rings is 1. The highest BCUT2D eigenvalue weighted by Gasteiger charge is 2.35. The standard InChI is InChI=1S/C10H19N/c1-8-6-10-9(2)4-3-5-11(10)7-8/h8-10H,3-7H2,1-2H3/t8-,9+,10+/m1/s1. The molecule has 2 saturated heterocycles. The van der Waals surface area contributed by atoms with Gasteiger partial charge in [0.15, 0.2) is 0 Å². The van der Waals surface area contributed by atoms with Gasteiger partial charge in [-0.25, -0.2) is 0 Å². The van der Waals surface area contributed by atoms with Crippen molar-refractivity contribution < 1.29 is 0 Å². The van der Waals surface area contributed by atoms with Gasteiger partial charge in [0, 0.05) is 12.6 Å². The van der Waals surface area contributed by atoms with E-state index in [4.69, 9.17) is 0 Å². The smallest absolute Gasteiger partial charge is 0.0124 e. The minimum atomic E-state index is 0.943. The molecule has 2 fully saturated rings. The van der Waals surface area contributed by atoms with Gasteiger partial charge in [0.05, 0.1) is 0 Å². The molecule has 3 atom stereocenters. The summed E-state index contributed by atoms with van der Waals surface area (Å²) in [5.41, 5.74) is 0. The van der Waals surface area contributed by atoms with Gasteiger partial charge in [-0.15, -0.1) is 0 Å². The second kappa shape index (κ2) is 2.78. The summed E-state index contributed by atoms with van der Waals surface area (Å²) in [6, 6.07) is 0.943. The minimum Gasteiger partial charge on any atom is -0.300 e. The molecule has 0 radical (unpaired) electrons. The lowest BCUT2D eigenvalue weighted by atomic mass is 9.90. The summed E-state index contributed by atoms with van der Waals surface area (Å²) in [5.74, 6) is 1.93. The van der Waals surface area contributed by atoms with Crippen LogP contribution in [0.3, 0.4) is 0 Å². The van der Waals surface area contributed by atoms with E-state index in [1.807, 2.05) is 0 Å². The first kappa shape index (κ1) is 7.60. The highest BCUT2D eigenvalue weighted by molar-refractivity contribution is 4.89. The third kappa shape index (κ3) is 1.31. The van der Waals surface area contributed by atoms with E-state index in [9.17, 15) is 0 Å².